The number of hydrogen-bond donors (Lipinski definition) is 1. The number of oxazole rings is 1. The van der Waals surface area contributed by atoms with Crippen LogP contribution in [0, 0.1) is 6.92 Å². The Labute approximate surface area is 86.0 Å². The first-order valence-electron chi connectivity index (χ1n) is 4.41. The van der Waals surface area contributed by atoms with Crippen molar-refractivity contribution in [1.82, 2.24) is 9.55 Å². The van der Waals surface area contributed by atoms with Gasteiger partial charge in [0.05, 0.1) is 0 Å². The summed E-state index contributed by atoms with van der Waals surface area (Å²) in [6.07, 6.45) is 3.62. The maximum atomic E-state index is 10.9. The van der Waals surface area contributed by atoms with Gasteiger partial charge in [-0.3, -0.25) is 0 Å². The lowest BCUT2D eigenvalue weighted by Crippen LogP contribution is -1.96. The minimum absolute atomic E-state index is 0.112. The molecule has 0 fully saturated rings. The minimum atomic E-state index is -1.10. The minimum Gasteiger partial charge on any atom is -0.475 e. The molecule has 0 saturated carbocycles. The molecule has 5 nitrogen and oxygen atoms in total. The summed E-state index contributed by atoms with van der Waals surface area (Å²) >= 11 is 0. The van der Waals surface area contributed by atoms with Gasteiger partial charge in [0.25, 0.3) is 0 Å². The molecular weight excluding hydrogens is 196 g/mol. The number of carbonyl (C=O) groups is 1. The number of aromatic carboxylic acids is 1. The Balaban J connectivity index is 2.56. The van der Waals surface area contributed by atoms with Crippen molar-refractivity contribution in [2.45, 2.75) is 6.92 Å². The Morgan fingerprint density at radius 1 is 1.60 bits per heavy atom. The van der Waals surface area contributed by atoms with Crippen molar-refractivity contribution in [3.8, 4) is 11.3 Å². The van der Waals surface area contributed by atoms with Gasteiger partial charge >= 0.3 is 5.97 Å². The van der Waals surface area contributed by atoms with Gasteiger partial charge in [-0.05, 0) is 6.07 Å². The zero-order valence-electron chi connectivity index (χ0n) is 8.39. The van der Waals surface area contributed by atoms with Crippen molar-refractivity contribution in [3.05, 3.63) is 30.1 Å². The first-order valence-corrected chi connectivity index (χ1v) is 4.41. The van der Waals surface area contributed by atoms with Gasteiger partial charge in [0, 0.05) is 31.9 Å². The molecule has 0 radical (unpaired) electrons. The molecule has 0 aliphatic carbocycles. The molecule has 2 rings (SSSR count). The number of hydrogen-bond acceptors (Lipinski definition) is 3. The van der Waals surface area contributed by atoms with Crippen LogP contribution in [0.1, 0.15) is 16.4 Å². The maximum Gasteiger partial charge on any atom is 0.374 e. The summed E-state index contributed by atoms with van der Waals surface area (Å²) < 4.78 is 6.84. The highest BCUT2D eigenvalue weighted by atomic mass is 16.4. The molecule has 0 amide bonds. The average Bonchev–Trinajstić information content (AvgIpc) is 2.71. The summed E-state index contributed by atoms with van der Waals surface area (Å²) in [7, 11) is 1.86. The molecule has 1 N–H and O–H groups in total. The van der Waals surface area contributed by atoms with E-state index in [2.05, 4.69) is 4.98 Å². The highest BCUT2D eigenvalue weighted by Crippen LogP contribution is 2.23. The van der Waals surface area contributed by atoms with Crippen LogP contribution in [0.4, 0.5) is 0 Å². The number of carboxylic acid groups (broad SMARTS) is 1. The number of carboxylic acids is 1. The van der Waals surface area contributed by atoms with Crippen molar-refractivity contribution in [1.29, 1.82) is 0 Å². The molecule has 2 aromatic heterocycles. The van der Waals surface area contributed by atoms with Gasteiger partial charge in [0.1, 0.15) is 5.69 Å². The molecule has 2 heterocycles. The Morgan fingerprint density at radius 3 is 2.87 bits per heavy atom. The molecule has 15 heavy (non-hydrogen) atoms. The summed E-state index contributed by atoms with van der Waals surface area (Å²) in [5, 5.41) is 8.91. The normalized spacial score (nSPS) is 10.5. The SMILES string of the molecule is Cc1nc(-c2ccn(C)c2)c(C(=O)O)o1. The Bertz CT molecular complexity index is 510. The second-order valence-electron chi connectivity index (χ2n) is 3.28. The van der Waals surface area contributed by atoms with Crippen LogP contribution in [0.5, 0.6) is 0 Å². The zero-order chi connectivity index (χ0) is 11.0. The van der Waals surface area contributed by atoms with E-state index in [1.54, 1.807) is 19.2 Å². The van der Waals surface area contributed by atoms with Crippen molar-refractivity contribution >= 4 is 5.97 Å². The van der Waals surface area contributed by atoms with E-state index < -0.39 is 5.97 Å². The van der Waals surface area contributed by atoms with E-state index in [0.29, 0.717) is 11.6 Å². The van der Waals surface area contributed by atoms with Crippen LogP contribution in [0.25, 0.3) is 11.3 Å². The number of nitrogens with zero attached hydrogens (tertiary/aromatic N) is 2. The predicted molar refractivity (Wildman–Crippen MR) is 52.6 cm³/mol. The molecule has 0 unspecified atom stereocenters. The van der Waals surface area contributed by atoms with Gasteiger partial charge in [0.2, 0.25) is 5.76 Å². The summed E-state index contributed by atoms with van der Waals surface area (Å²) in [6, 6.07) is 1.80. The fourth-order valence-electron chi connectivity index (χ4n) is 1.41. The fourth-order valence-corrected chi connectivity index (χ4v) is 1.41. The molecule has 0 aliphatic heterocycles. The second kappa shape index (κ2) is 3.27. The largest absolute Gasteiger partial charge is 0.475 e. The molecule has 0 aliphatic rings. The van der Waals surface area contributed by atoms with Crippen molar-refractivity contribution in [2.75, 3.05) is 0 Å². The van der Waals surface area contributed by atoms with Gasteiger partial charge in [-0.1, -0.05) is 0 Å². The van der Waals surface area contributed by atoms with Crippen LogP contribution in [-0.2, 0) is 7.05 Å². The number of aromatic nitrogens is 2. The summed E-state index contributed by atoms with van der Waals surface area (Å²) in [5.74, 6) is -0.862. The zero-order valence-corrected chi connectivity index (χ0v) is 8.39. The van der Waals surface area contributed by atoms with E-state index in [9.17, 15) is 4.79 Å². The molecular formula is C10H10N2O3. The van der Waals surface area contributed by atoms with Crippen LogP contribution in [0.2, 0.25) is 0 Å². The van der Waals surface area contributed by atoms with Crippen LogP contribution < -0.4 is 0 Å². The molecule has 2 aromatic rings. The molecule has 0 saturated heterocycles. The lowest BCUT2D eigenvalue weighted by atomic mass is 10.2. The first-order chi connectivity index (χ1) is 7.08. The third kappa shape index (κ3) is 1.63. The maximum absolute atomic E-state index is 10.9. The van der Waals surface area contributed by atoms with Gasteiger partial charge in [-0.25, -0.2) is 9.78 Å². The number of rotatable bonds is 2. The summed E-state index contributed by atoms with van der Waals surface area (Å²) in [4.78, 5) is 14.9. The molecule has 5 heteroatoms. The quantitative estimate of drug-likeness (QED) is 0.811. The van der Waals surface area contributed by atoms with Gasteiger partial charge in [-0.2, -0.15) is 0 Å². The molecule has 0 bridgehead atoms. The molecule has 78 valence electrons. The van der Waals surface area contributed by atoms with E-state index in [4.69, 9.17) is 9.52 Å². The van der Waals surface area contributed by atoms with E-state index in [1.165, 1.54) is 0 Å². The monoisotopic (exact) mass is 206 g/mol. The van der Waals surface area contributed by atoms with E-state index in [-0.39, 0.29) is 5.76 Å². The van der Waals surface area contributed by atoms with Gasteiger partial charge in [0.15, 0.2) is 5.89 Å². The highest BCUT2D eigenvalue weighted by Gasteiger charge is 2.19. The Kier molecular flexibility index (Phi) is 2.07. The second-order valence-corrected chi connectivity index (χ2v) is 3.28. The Morgan fingerprint density at radius 2 is 2.33 bits per heavy atom. The van der Waals surface area contributed by atoms with Gasteiger partial charge < -0.3 is 14.1 Å². The summed E-state index contributed by atoms with van der Waals surface area (Å²) in [5.41, 5.74) is 1.12. The van der Waals surface area contributed by atoms with Crippen LogP contribution in [-0.4, -0.2) is 20.6 Å². The topological polar surface area (TPSA) is 68.3 Å². The first kappa shape index (κ1) is 9.51. The van der Waals surface area contributed by atoms with Crippen molar-refractivity contribution in [2.24, 2.45) is 7.05 Å². The van der Waals surface area contributed by atoms with E-state index in [1.807, 2.05) is 17.8 Å². The molecule has 0 spiro atoms. The van der Waals surface area contributed by atoms with Crippen LogP contribution >= 0.6 is 0 Å². The molecule has 0 atom stereocenters. The lowest BCUT2D eigenvalue weighted by molar-refractivity contribution is 0.0662. The third-order valence-electron chi connectivity index (χ3n) is 2.03. The van der Waals surface area contributed by atoms with Crippen molar-refractivity contribution in [3.63, 3.8) is 0 Å². The van der Waals surface area contributed by atoms with Crippen LogP contribution in [0.15, 0.2) is 22.9 Å². The standard InChI is InChI=1S/C10H10N2O3/c1-6-11-8(9(15-6)10(13)14)7-3-4-12(2)5-7/h3-5H,1-2H3,(H,13,14). The average molecular weight is 206 g/mol. The van der Waals surface area contributed by atoms with E-state index >= 15 is 0 Å². The number of aryl methyl sites for hydroxylation is 2. The van der Waals surface area contributed by atoms with E-state index in [0.717, 1.165) is 5.56 Å². The smallest absolute Gasteiger partial charge is 0.374 e. The molecule has 0 aromatic carbocycles. The van der Waals surface area contributed by atoms with Gasteiger partial charge in [-0.15, -0.1) is 0 Å². The summed E-state index contributed by atoms with van der Waals surface area (Å²) in [6.45, 7) is 1.62. The third-order valence-corrected chi connectivity index (χ3v) is 2.03. The predicted octanol–water partition coefficient (Wildman–Crippen LogP) is 1.69. The fraction of sp³-hybridized carbons (Fsp3) is 0.200. The highest BCUT2D eigenvalue weighted by molar-refractivity contribution is 5.91. The lowest BCUT2D eigenvalue weighted by Gasteiger charge is -1.92. The van der Waals surface area contributed by atoms with Crippen molar-refractivity contribution < 1.29 is 14.3 Å². The Hall–Kier alpha value is -2.04. The van der Waals surface area contributed by atoms with Crippen LogP contribution in [0.3, 0.4) is 0 Å².